The van der Waals surface area contributed by atoms with E-state index in [1.165, 1.54) is 19.3 Å². The second-order valence-electron chi connectivity index (χ2n) is 4.34. The maximum Gasteiger partial charge on any atom is 0.243 e. The maximum atomic E-state index is 11.1. The largest absolute Gasteiger partial charge is 0.352 e. The average molecular weight is 179 g/mol. The number of amides is 1. The molecule has 0 aromatic rings. The Morgan fingerprint density at radius 2 is 2.08 bits per heavy atom. The van der Waals surface area contributed by atoms with Crippen molar-refractivity contribution in [2.75, 3.05) is 6.54 Å². The third-order valence-corrected chi connectivity index (χ3v) is 3.22. The number of allylic oxidation sites excluding steroid dienone is 1. The van der Waals surface area contributed by atoms with Crippen molar-refractivity contribution < 1.29 is 4.79 Å². The molecule has 1 amide bonds. The topological polar surface area (TPSA) is 29.1 Å². The van der Waals surface area contributed by atoms with E-state index >= 15 is 0 Å². The summed E-state index contributed by atoms with van der Waals surface area (Å²) in [6.07, 6.45) is 7.53. The fourth-order valence-electron chi connectivity index (χ4n) is 2.46. The van der Waals surface area contributed by atoms with Gasteiger partial charge in [-0.3, -0.25) is 4.79 Å². The zero-order valence-electron chi connectivity index (χ0n) is 8.12. The van der Waals surface area contributed by atoms with Gasteiger partial charge in [-0.1, -0.05) is 6.08 Å². The lowest BCUT2D eigenvalue weighted by atomic mass is 10.0. The molecule has 2 aliphatic carbocycles. The van der Waals surface area contributed by atoms with Gasteiger partial charge in [0.15, 0.2) is 0 Å². The molecule has 0 aliphatic heterocycles. The highest BCUT2D eigenvalue weighted by Crippen LogP contribution is 2.54. The quantitative estimate of drug-likeness (QED) is 0.657. The molecular weight excluding hydrogens is 162 g/mol. The van der Waals surface area contributed by atoms with E-state index in [9.17, 15) is 4.79 Å². The highest BCUT2D eigenvalue weighted by atomic mass is 16.1. The molecule has 0 saturated heterocycles. The summed E-state index contributed by atoms with van der Waals surface area (Å²) in [6.45, 7) is 2.75. The van der Waals surface area contributed by atoms with E-state index in [-0.39, 0.29) is 5.91 Å². The van der Waals surface area contributed by atoms with E-state index in [1.54, 1.807) is 12.2 Å². The average Bonchev–Trinajstić information content (AvgIpc) is 2.72. The number of hydrogen-bond acceptors (Lipinski definition) is 1. The lowest BCUT2D eigenvalue weighted by Crippen LogP contribution is -2.27. The molecule has 2 fully saturated rings. The molecule has 0 spiro atoms. The van der Waals surface area contributed by atoms with Crippen LogP contribution in [0.25, 0.3) is 0 Å². The van der Waals surface area contributed by atoms with Gasteiger partial charge in [-0.05, 0) is 50.0 Å². The molecule has 0 aromatic heterocycles. The minimum atomic E-state index is 0.0584. The van der Waals surface area contributed by atoms with Crippen molar-refractivity contribution in [3.8, 4) is 0 Å². The Kier molecular flexibility index (Phi) is 2.38. The minimum absolute atomic E-state index is 0.0584. The Morgan fingerprint density at radius 3 is 2.69 bits per heavy atom. The van der Waals surface area contributed by atoms with Crippen molar-refractivity contribution in [2.24, 2.45) is 17.8 Å². The second-order valence-corrected chi connectivity index (χ2v) is 4.34. The van der Waals surface area contributed by atoms with Crippen molar-refractivity contribution in [1.29, 1.82) is 0 Å². The van der Waals surface area contributed by atoms with Crippen LogP contribution < -0.4 is 5.32 Å². The second kappa shape index (κ2) is 3.52. The van der Waals surface area contributed by atoms with E-state index in [0.717, 1.165) is 24.3 Å². The summed E-state index contributed by atoms with van der Waals surface area (Å²) in [5.41, 5.74) is 0. The monoisotopic (exact) mass is 179 g/mol. The Labute approximate surface area is 79.4 Å². The first-order valence-electron chi connectivity index (χ1n) is 5.20. The van der Waals surface area contributed by atoms with Crippen LogP contribution in [-0.4, -0.2) is 12.5 Å². The van der Waals surface area contributed by atoms with Gasteiger partial charge >= 0.3 is 0 Å². The summed E-state index contributed by atoms with van der Waals surface area (Å²) in [4.78, 5) is 11.1. The number of hydrogen-bond donors (Lipinski definition) is 1. The molecule has 0 heterocycles. The molecule has 72 valence electrons. The normalized spacial score (nSPS) is 36.2. The molecule has 2 atom stereocenters. The van der Waals surface area contributed by atoms with Crippen LogP contribution in [0.15, 0.2) is 12.2 Å². The molecule has 0 aromatic carbocycles. The molecule has 1 N–H and O–H groups in total. The predicted octanol–water partition coefficient (Wildman–Crippen LogP) is 1.72. The molecule has 0 bridgehead atoms. The van der Waals surface area contributed by atoms with Gasteiger partial charge in [0, 0.05) is 6.54 Å². The van der Waals surface area contributed by atoms with Crippen LogP contribution in [-0.2, 0) is 4.79 Å². The summed E-state index contributed by atoms with van der Waals surface area (Å²) in [7, 11) is 0. The van der Waals surface area contributed by atoms with Crippen LogP contribution >= 0.6 is 0 Å². The first-order chi connectivity index (χ1) is 6.29. The van der Waals surface area contributed by atoms with Gasteiger partial charge in [-0.25, -0.2) is 0 Å². The Bertz CT molecular complexity index is 224. The maximum absolute atomic E-state index is 11.1. The van der Waals surface area contributed by atoms with E-state index in [1.807, 2.05) is 6.92 Å². The molecular formula is C11H17NO. The van der Waals surface area contributed by atoms with E-state index in [0.29, 0.717) is 0 Å². The van der Waals surface area contributed by atoms with Crippen LogP contribution in [0.3, 0.4) is 0 Å². The Balaban J connectivity index is 1.65. The van der Waals surface area contributed by atoms with Crippen LogP contribution in [0.5, 0.6) is 0 Å². The number of rotatable bonds is 3. The molecule has 2 nitrogen and oxygen atoms in total. The van der Waals surface area contributed by atoms with Crippen molar-refractivity contribution in [1.82, 2.24) is 5.32 Å². The zero-order chi connectivity index (χ0) is 9.26. The number of nitrogens with one attached hydrogen (secondary N) is 1. The Morgan fingerprint density at radius 1 is 1.38 bits per heavy atom. The van der Waals surface area contributed by atoms with Crippen molar-refractivity contribution in [3.63, 3.8) is 0 Å². The first kappa shape index (κ1) is 8.79. The van der Waals surface area contributed by atoms with Crippen LogP contribution in [0.4, 0.5) is 0 Å². The molecule has 2 rings (SSSR count). The molecule has 0 radical (unpaired) electrons. The van der Waals surface area contributed by atoms with Crippen LogP contribution in [0.2, 0.25) is 0 Å². The van der Waals surface area contributed by atoms with Crippen LogP contribution in [0.1, 0.15) is 26.2 Å². The zero-order valence-corrected chi connectivity index (χ0v) is 8.12. The van der Waals surface area contributed by atoms with Crippen molar-refractivity contribution in [3.05, 3.63) is 12.2 Å². The number of carbonyl (C=O) groups is 1. The fraction of sp³-hybridized carbons (Fsp3) is 0.727. The van der Waals surface area contributed by atoms with Gasteiger partial charge in [0.2, 0.25) is 5.91 Å². The summed E-state index contributed by atoms with van der Waals surface area (Å²) in [5, 5.41) is 2.94. The third kappa shape index (κ3) is 2.11. The summed E-state index contributed by atoms with van der Waals surface area (Å²) < 4.78 is 0. The standard InChI is InChI=1S/C11H17NO/c1-2-3-11(13)12-7-8-4-9-6-10(9)5-8/h2-3,8-10H,4-7H2,1H3,(H,12,13)/b3-2+. The minimum Gasteiger partial charge on any atom is -0.352 e. The van der Waals surface area contributed by atoms with Gasteiger partial charge in [0.05, 0.1) is 0 Å². The summed E-state index contributed by atoms with van der Waals surface area (Å²) in [6, 6.07) is 0. The van der Waals surface area contributed by atoms with E-state index in [4.69, 9.17) is 0 Å². The number of carbonyl (C=O) groups excluding carboxylic acids is 1. The third-order valence-electron chi connectivity index (χ3n) is 3.22. The fourth-order valence-corrected chi connectivity index (χ4v) is 2.46. The summed E-state index contributed by atoms with van der Waals surface area (Å²) in [5.74, 6) is 2.85. The van der Waals surface area contributed by atoms with Gasteiger partial charge in [-0.15, -0.1) is 0 Å². The highest BCUT2D eigenvalue weighted by molar-refractivity contribution is 5.87. The number of fused-ring (bicyclic) bond motifs is 1. The van der Waals surface area contributed by atoms with Crippen LogP contribution in [0, 0.1) is 17.8 Å². The van der Waals surface area contributed by atoms with Gasteiger partial charge in [0.1, 0.15) is 0 Å². The molecule has 2 saturated carbocycles. The molecule has 2 unspecified atom stereocenters. The smallest absolute Gasteiger partial charge is 0.243 e. The van der Waals surface area contributed by atoms with E-state index in [2.05, 4.69) is 5.32 Å². The predicted molar refractivity (Wildman–Crippen MR) is 52.1 cm³/mol. The highest BCUT2D eigenvalue weighted by Gasteiger charge is 2.45. The van der Waals surface area contributed by atoms with Gasteiger partial charge < -0.3 is 5.32 Å². The lowest BCUT2D eigenvalue weighted by molar-refractivity contribution is -0.116. The molecule has 2 aliphatic rings. The first-order valence-corrected chi connectivity index (χ1v) is 5.20. The van der Waals surface area contributed by atoms with Gasteiger partial charge in [-0.2, -0.15) is 0 Å². The molecule has 13 heavy (non-hydrogen) atoms. The summed E-state index contributed by atoms with van der Waals surface area (Å²) >= 11 is 0. The Hall–Kier alpha value is -0.790. The van der Waals surface area contributed by atoms with Crippen molar-refractivity contribution in [2.45, 2.75) is 26.2 Å². The lowest BCUT2D eigenvalue weighted by Gasteiger charge is -2.11. The van der Waals surface area contributed by atoms with Gasteiger partial charge in [0.25, 0.3) is 0 Å². The van der Waals surface area contributed by atoms with E-state index < -0.39 is 0 Å². The molecule has 2 heteroatoms. The van der Waals surface area contributed by atoms with Crippen molar-refractivity contribution >= 4 is 5.91 Å². The SMILES string of the molecule is C/C=C/C(=O)NCC1CC2CC2C1.